The van der Waals surface area contributed by atoms with Crippen LogP contribution in [-0.4, -0.2) is 32.7 Å². The summed E-state index contributed by atoms with van der Waals surface area (Å²) >= 11 is 0. The van der Waals surface area contributed by atoms with Crippen LogP contribution in [0.3, 0.4) is 0 Å². The first-order chi connectivity index (χ1) is 9.06. The van der Waals surface area contributed by atoms with Crippen LogP contribution in [0.2, 0.25) is 0 Å². The number of amides is 1. The fraction of sp³-hybridized carbons (Fsp3) is 0.500. The average Bonchev–Trinajstić information content (AvgIpc) is 2.42. The largest absolute Gasteiger partial charge is 0.493 e. The summed E-state index contributed by atoms with van der Waals surface area (Å²) in [5.41, 5.74) is 1.11. The van der Waals surface area contributed by atoms with Crippen molar-refractivity contribution in [3.8, 4) is 11.5 Å². The molecular formula is C14H22N2O3. The molecule has 1 amide bonds. The van der Waals surface area contributed by atoms with Gasteiger partial charge in [0.15, 0.2) is 18.1 Å². The second-order valence-corrected chi connectivity index (χ2v) is 4.48. The van der Waals surface area contributed by atoms with Crippen molar-refractivity contribution < 1.29 is 14.3 Å². The van der Waals surface area contributed by atoms with Gasteiger partial charge in [-0.3, -0.25) is 4.79 Å². The van der Waals surface area contributed by atoms with Gasteiger partial charge in [-0.2, -0.15) is 0 Å². The third-order valence-electron chi connectivity index (χ3n) is 2.58. The van der Waals surface area contributed by atoms with E-state index in [4.69, 9.17) is 9.47 Å². The predicted molar refractivity (Wildman–Crippen MR) is 74.5 cm³/mol. The molecule has 0 fully saturated rings. The van der Waals surface area contributed by atoms with Crippen molar-refractivity contribution in [2.45, 2.75) is 26.4 Å². The molecule has 0 atom stereocenters. The molecular weight excluding hydrogens is 244 g/mol. The SMILES string of the molecule is CNC(=O)COc1ccc(CNC(C)C)cc1OC. The molecule has 1 aromatic rings. The number of methoxy groups -OCH3 is 1. The van der Waals surface area contributed by atoms with Crippen LogP contribution in [0.4, 0.5) is 0 Å². The van der Waals surface area contributed by atoms with Crippen molar-refractivity contribution >= 4 is 5.91 Å². The van der Waals surface area contributed by atoms with Gasteiger partial charge in [0, 0.05) is 19.6 Å². The van der Waals surface area contributed by atoms with Crippen molar-refractivity contribution in [1.29, 1.82) is 0 Å². The fourth-order valence-corrected chi connectivity index (χ4v) is 1.48. The number of hydrogen-bond acceptors (Lipinski definition) is 4. The van der Waals surface area contributed by atoms with Crippen LogP contribution in [0.15, 0.2) is 18.2 Å². The quantitative estimate of drug-likeness (QED) is 0.781. The van der Waals surface area contributed by atoms with Gasteiger partial charge in [0.25, 0.3) is 5.91 Å². The Bertz CT molecular complexity index is 419. The fourth-order valence-electron chi connectivity index (χ4n) is 1.48. The van der Waals surface area contributed by atoms with Crippen LogP contribution in [0.5, 0.6) is 11.5 Å². The normalized spacial score (nSPS) is 10.4. The van der Waals surface area contributed by atoms with Gasteiger partial charge in [-0.1, -0.05) is 19.9 Å². The van der Waals surface area contributed by atoms with Crippen molar-refractivity contribution in [3.05, 3.63) is 23.8 Å². The van der Waals surface area contributed by atoms with Gasteiger partial charge in [-0.05, 0) is 17.7 Å². The Morgan fingerprint density at radius 1 is 1.32 bits per heavy atom. The minimum atomic E-state index is -0.174. The molecule has 5 nitrogen and oxygen atoms in total. The molecule has 19 heavy (non-hydrogen) atoms. The number of likely N-dealkylation sites (N-methyl/N-ethyl adjacent to an activating group) is 1. The summed E-state index contributed by atoms with van der Waals surface area (Å²) < 4.78 is 10.7. The molecule has 0 radical (unpaired) electrons. The van der Waals surface area contributed by atoms with E-state index in [1.54, 1.807) is 14.2 Å². The average molecular weight is 266 g/mol. The third-order valence-corrected chi connectivity index (χ3v) is 2.58. The first-order valence-corrected chi connectivity index (χ1v) is 6.30. The monoisotopic (exact) mass is 266 g/mol. The van der Waals surface area contributed by atoms with Gasteiger partial charge in [0.1, 0.15) is 0 Å². The van der Waals surface area contributed by atoms with E-state index in [2.05, 4.69) is 24.5 Å². The summed E-state index contributed by atoms with van der Waals surface area (Å²) in [6.45, 7) is 4.94. The molecule has 2 N–H and O–H groups in total. The minimum Gasteiger partial charge on any atom is -0.493 e. The summed E-state index contributed by atoms with van der Waals surface area (Å²) in [6, 6.07) is 6.11. The van der Waals surface area contributed by atoms with Gasteiger partial charge < -0.3 is 20.1 Å². The highest BCUT2D eigenvalue weighted by atomic mass is 16.5. The highest BCUT2D eigenvalue weighted by molar-refractivity contribution is 5.77. The zero-order valence-corrected chi connectivity index (χ0v) is 11.9. The number of ether oxygens (including phenoxy) is 2. The van der Waals surface area contributed by atoms with Gasteiger partial charge in [-0.15, -0.1) is 0 Å². The molecule has 0 spiro atoms. The number of hydrogen-bond donors (Lipinski definition) is 2. The highest BCUT2D eigenvalue weighted by Gasteiger charge is 2.08. The number of nitrogens with one attached hydrogen (secondary N) is 2. The van der Waals surface area contributed by atoms with E-state index in [0.29, 0.717) is 17.5 Å². The van der Waals surface area contributed by atoms with Crippen LogP contribution in [0.1, 0.15) is 19.4 Å². The Balaban J connectivity index is 2.70. The number of benzene rings is 1. The molecule has 0 aliphatic rings. The molecule has 0 aromatic heterocycles. The lowest BCUT2D eigenvalue weighted by Crippen LogP contribution is -2.25. The Morgan fingerprint density at radius 3 is 2.63 bits per heavy atom. The van der Waals surface area contributed by atoms with Crippen LogP contribution in [-0.2, 0) is 11.3 Å². The summed E-state index contributed by atoms with van der Waals surface area (Å²) in [4.78, 5) is 11.1. The first-order valence-electron chi connectivity index (χ1n) is 6.30. The standard InChI is InChI=1S/C14H22N2O3/c1-10(2)16-8-11-5-6-12(13(7-11)18-4)19-9-14(17)15-3/h5-7,10,16H,8-9H2,1-4H3,(H,15,17). The molecule has 0 saturated carbocycles. The number of rotatable bonds is 7. The summed E-state index contributed by atoms with van der Waals surface area (Å²) in [7, 11) is 3.16. The molecule has 0 saturated heterocycles. The number of carbonyl (C=O) groups excluding carboxylic acids is 1. The third kappa shape index (κ3) is 5.18. The van der Waals surface area contributed by atoms with Crippen molar-refractivity contribution in [2.75, 3.05) is 20.8 Å². The van der Waals surface area contributed by atoms with Gasteiger partial charge in [-0.25, -0.2) is 0 Å². The summed E-state index contributed by atoms with van der Waals surface area (Å²) in [5, 5.41) is 5.83. The summed E-state index contributed by atoms with van der Waals surface area (Å²) in [6.07, 6.45) is 0. The van der Waals surface area contributed by atoms with Crippen molar-refractivity contribution in [2.24, 2.45) is 0 Å². The Hall–Kier alpha value is -1.75. The van der Waals surface area contributed by atoms with Gasteiger partial charge in [0.05, 0.1) is 7.11 Å². The number of carbonyl (C=O) groups is 1. The topological polar surface area (TPSA) is 59.6 Å². The van der Waals surface area contributed by atoms with Gasteiger partial charge >= 0.3 is 0 Å². The lowest BCUT2D eigenvalue weighted by Gasteiger charge is -2.13. The maximum absolute atomic E-state index is 11.1. The Morgan fingerprint density at radius 2 is 2.05 bits per heavy atom. The van der Waals surface area contributed by atoms with E-state index in [9.17, 15) is 4.79 Å². The zero-order chi connectivity index (χ0) is 14.3. The smallest absolute Gasteiger partial charge is 0.257 e. The summed E-state index contributed by atoms with van der Waals surface area (Å²) in [5.74, 6) is 1.03. The minimum absolute atomic E-state index is 0.0174. The second kappa shape index (κ2) is 7.63. The van der Waals surface area contributed by atoms with Crippen LogP contribution in [0, 0.1) is 0 Å². The van der Waals surface area contributed by atoms with Crippen molar-refractivity contribution in [1.82, 2.24) is 10.6 Å². The van der Waals surface area contributed by atoms with Crippen LogP contribution < -0.4 is 20.1 Å². The van der Waals surface area contributed by atoms with E-state index in [0.717, 1.165) is 12.1 Å². The Labute approximate surface area is 114 Å². The molecule has 1 aromatic carbocycles. The van der Waals surface area contributed by atoms with E-state index >= 15 is 0 Å². The molecule has 0 unspecified atom stereocenters. The predicted octanol–water partition coefficient (Wildman–Crippen LogP) is 1.32. The molecule has 0 bridgehead atoms. The van der Waals surface area contributed by atoms with E-state index in [1.165, 1.54) is 0 Å². The van der Waals surface area contributed by atoms with Gasteiger partial charge in [0.2, 0.25) is 0 Å². The molecule has 1 rings (SSSR count). The lowest BCUT2D eigenvalue weighted by molar-refractivity contribution is -0.122. The van der Waals surface area contributed by atoms with Crippen LogP contribution >= 0.6 is 0 Å². The second-order valence-electron chi connectivity index (χ2n) is 4.48. The van der Waals surface area contributed by atoms with E-state index < -0.39 is 0 Å². The maximum Gasteiger partial charge on any atom is 0.257 e. The van der Waals surface area contributed by atoms with E-state index in [-0.39, 0.29) is 12.5 Å². The van der Waals surface area contributed by atoms with Crippen molar-refractivity contribution in [3.63, 3.8) is 0 Å². The first kappa shape index (κ1) is 15.3. The van der Waals surface area contributed by atoms with Crippen LogP contribution in [0.25, 0.3) is 0 Å². The Kier molecular flexibility index (Phi) is 6.15. The molecule has 0 heterocycles. The molecule has 106 valence electrons. The lowest BCUT2D eigenvalue weighted by atomic mass is 10.2. The maximum atomic E-state index is 11.1. The highest BCUT2D eigenvalue weighted by Crippen LogP contribution is 2.28. The van der Waals surface area contributed by atoms with E-state index in [1.807, 2.05) is 18.2 Å². The molecule has 0 aliphatic carbocycles. The molecule has 0 aliphatic heterocycles. The molecule has 5 heteroatoms. The zero-order valence-electron chi connectivity index (χ0n) is 11.9.